The number of nitrogens with two attached hydrogens (primary N) is 1. The van der Waals surface area contributed by atoms with Gasteiger partial charge >= 0.3 is 5.97 Å². The summed E-state index contributed by atoms with van der Waals surface area (Å²) >= 11 is 0.575. The molecule has 26 nitrogen and oxygen atoms in total. The van der Waals surface area contributed by atoms with Crippen molar-refractivity contribution in [3.63, 3.8) is 0 Å². The molecule has 3 rings (SSSR count). The summed E-state index contributed by atoms with van der Waals surface area (Å²) < 4.78 is 51.3. The van der Waals surface area contributed by atoms with Gasteiger partial charge < -0.3 is 89.6 Å². The first-order valence-corrected chi connectivity index (χ1v) is 25.0. The Morgan fingerprint density at radius 1 is 0.838 bits per heavy atom. The van der Waals surface area contributed by atoms with Gasteiger partial charge in [0.05, 0.1) is 71.3 Å². The average Bonchev–Trinajstić information content (AvgIpc) is 3.71. The number of imide groups is 1. The van der Waals surface area contributed by atoms with E-state index in [1.807, 2.05) is 20.9 Å². The van der Waals surface area contributed by atoms with Crippen LogP contribution in [0.3, 0.4) is 0 Å². The van der Waals surface area contributed by atoms with Gasteiger partial charge in [-0.2, -0.15) is 0 Å². The van der Waals surface area contributed by atoms with Crippen LogP contribution in [0.4, 0.5) is 5.69 Å². The van der Waals surface area contributed by atoms with E-state index < -0.39 is 49.0 Å². The molecular formula is C47H80N6O20S. The molecule has 0 aliphatic carbocycles. The number of rotatable bonds is 34. The first-order valence-electron chi connectivity index (χ1n) is 24.0. The molecule has 0 saturated carbocycles. The number of nitrogens with zero attached hydrogens (tertiary/aromatic N) is 1. The number of hydrogen-bond donors (Lipinski definition) is 9. The van der Waals surface area contributed by atoms with E-state index in [1.54, 1.807) is 6.07 Å². The number of primary amides is 1. The fraction of sp³-hybridized carbons (Fsp3) is 0.660. The summed E-state index contributed by atoms with van der Waals surface area (Å²) in [4.78, 5) is 88.3. The van der Waals surface area contributed by atoms with Crippen molar-refractivity contribution in [1.29, 1.82) is 0 Å². The van der Waals surface area contributed by atoms with Crippen molar-refractivity contribution >= 4 is 65.9 Å². The molecule has 0 spiro atoms. The number of anilines is 1. The van der Waals surface area contributed by atoms with Gasteiger partial charge in [0, 0.05) is 83.3 Å². The summed E-state index contributed by atoms with van der Waals surface area (Å²) in [5, 5.41) is 40.2. The quantitative estimate of drug-likeness (QED) is 0.0137. The van der Waals surface area contributed by atoms with Gasteiger partial charge in [-0.05, 0) is 43.2 Å². The minimum Gasteiger partial charge on any atom is -0.463 e. The van der Waals surface area contributed by atoms with Crippen LogP contribution in [-0.2, 0) is 78.1 Å². The Morgan fingerprint density at radius 3 is 1.97 bits per heavy atom. The molecule has 0 radical (unpaired) electrons. The van der Waals surface area contributed by atoms with E-state index in [0.717, 1.165) is 31.1 Å². The minimum absolute atomic E-state index is 0.000908. The number of aldehydes is 1. The SMILES string of the molecule is CC.CC(=O)OCc1ccc(OC2CC(O)C(O)C(CO)O2)c(NC(=O)CCNC(=O)COCCNC(=O)CCSO)c1.CCCOCCOCCOCCOCCNC.NC=O.O=CCCN1C(=O)C=CC1=O. The summed E-state index contributed by atoms with van der Waals surface area (Å²) in [6.07, 6.45) is -0.0172. The highest BCUT2D eigenvalue weighted by atomic mass is 32.2. The molecule has 74 heavy (non-hydrogen) atoms. The van der Waals surface area contributed by atoms with Crippen LogP contribution in [0.1, 0.15) is 65.4 Å². The number of carbonyl (C=O) groups excluding carboxylic acids is 8. The molecule has 1 saturated heterocycles. The lowest BCUT2D eigenvalue weighted by Gasteiger charge is -2.36. The highest BCUT2D eigenvalue weighted by Gasteiger charge is 2.37. The molecule has 1 aromatic rings. The van der Waals surface area contributed by atoms with Crippen LogP contribution >= 0.6 is 12.0 Å². The predicted octanol–water partition coefficient (Wildman–Crippen LogP) is -0.558. The maximum atomic E-state index is 12.6. The maximum Gasteiger partial charge on any atom is 0.302 e. The molecule has 6 amide bonds. The summed E-state index contributed by atoms with van der Waals surface area (Å²) in [6, 6.07) is 4.64. The number of hydrogen-bond acceptors (Lipinski definition) is 22. The van der Waals surface area contributed by atoms with Crippen LogP contribution in [0.15, 0.2) is 30.4 Å². The van der Waals surface area contributed by atoms with Gasteiger partial charge in [0.25, 0.3) is 11.8 Å². The molecule has 4 unspecified atom stereocenters. The number of aliphatic hydroxyl groups excluding tert-OH is 3. The fourth-order valence-corrected chi connectivity index (χ4v) is 5.76. The first kappa shape index (κ1) is 70.9. The van der Waals surface area contributed by atoms with Gasteiger partial charge in [-0.3, -0.25) is 38.5 Å². The van der Waals surface area contributed by atoms with Crippen molar-refractivity contribution in [3.8, 4) is 5.75 Å². The van der Waals surface area contributed by atoms with Gasteiger partial charge in [-0.25, -0.2) is 0 Å². The van der Waals surface area contributed by atoms with Crippen LogP contribution in [-0.4, -0.2) is 209 Å². The molecule has 1 aromatic carbocycles. The van der Waals surface area contributed by atoms with Crippen LogP contribution in [0.5, 0.6) is 5.75 Å². The highest BCUT2D eigenvalue weighted by Crippen LogP contribution is 2.31. The van der Waals surface area contributed by atoms with E-state index in [1.165, 1.54) is 31.2 Å². The van der Waals surface area contributed by atoms with E-state index in [9.17, 15) is 48.9 Å². The first-order chi connectivity index (χ1) is 35.7. The number of benzene rings is 1. The van der Waals surface area contributed by atoms with Crippen molar-refractivity contribution in [1.82, 2.24) is 20.9 Å². The third-order valence-corrected chi connectivity index (χ3v) is 9.35. The molecule has 10 N–H and O–H groups in total. The molecular weight excluding hydrogens is 1000 g/mol. The zero-order chi connectivity index (χ0) is 55.8. The fourth-order valence-electron chi connectivity index (χ4n) is 5.48. The Balaban J connectivity index is 0. The second-order valence-corrected chi connectivity index (χ2v) is 15.4. The van der Waals surface area contributed by atoms with E-state index in [4.69, 9.17) is 47.2 Å². The molecule has 4 atom stereocenters. The van der Waals surface area contributed by atoms with Crippen LogP contribution in [0.2, 0.25) is 0 Å². The van der Waals surface area contributed by atoms with Gasteiger partial charge in [-0.15, -0.1) is 0 Å². The molecule has 2 heterocycles. The smallest absolute Gasteiger partial charge is 0.302 e. The lowest BCUT2D eigenvalue weighted by Crippen LogP contribution is -2.51. The van der Waals surface area contributed by atoms with Crippen molar-refractivity contribution < 1.29 is 96.1 Å². The molecule has 2 aliphatic heterocycles. The number of nitrogens with one attached hydrogen (secondary N) is 4. The number of ether oxygens (including phenoxy) is 8. The third-order valence-electron chi connectivity index (χ3n) is 8.96. The number of amides is 6. The number of aliphatic hydroxyl groups is 3. The molecule has 2 aliphatic rings. The second kappa shape index (κ2) is 48.8. The van der Waals surface area contributed by atoms with E-state index in [0.29, 0.717) is 63.5 Å². The van der Waals surface area contributed by atoms with Crippen molar-refractivity contribution in [2.45, 2.75) is 91.0 Å². The van der Waals surface area contributed by atoms with E-state index in [-0.39, 0.29) is 106 Å². The Morgan fingerprint density at radius 2 is 1.42 bits per heavy atom. The largest absolute Gasteiger partial charge is 0.463 e. The van der Waals surface area contributed by atoms with Gasteiger partial charge in [-0.1, -0.05) is 26.8 Å². The molecule has 424 valence electrons. The standard InChI is InChI=1S/C25H37N3O12S.C12H27NO4.C7H7NO3.C2H6.CH3NO/c1-15(30)38-13-16-2-3-19(39-24-11-18(31)25(35)20(12-29)40-24)17(10-16)28-22(33)4-6-26-23(34)14-37-8-7-27-21(32)5-9-41-36;1-3-5-14-7-9-16-11-12-17-10-8-15-6-4-13-2;9-5-1-4-8-6(10)2-3-7(8)11;1-2;2-1-3/h2-3,10,18,20,24-25,29,31,35-36H,4-9,11-14H2,1H3,(H,26,34)(H,27,32)(H,28,33);13H,3-12H2,1-2H3;2-3,5H,1,4H2;1-2H3;1H,(H2,2,3). The Bertz CT molecular complexity index is 1700. The lowest BCUT2D eigenvalue weighted by atomic mass is 10.0. The number of likely N-dealkylation sites (N-methyl/N-ethyl adjacent to an activating group) is 1. The van der Waals surface area contributed by atoms with Gasteiger partial charge in [0.1, 0.15) is 37.5 Å². The van der Waals surface area contributed by atoms with E-state index in [2.05, 4.69) is 33.9 Å². The van der Waals surface area contributed by atoms with Gasteiger partial charge in [0.15, 0.2) is 0 Å². The minimum atomic E-state index is -1.28. The zero-order valence-corrected chi connectivity index (χ0v) is 44.0. The van der Waals surface area contributed by atoms with Gasteiger partial charge in [0.2, 0.25) is 30.4 Å². The predicted molar refractivity (Wildman–Crippen MR) is 270 cm³/mol. The summed E-state index contributed by atoms with van der Waals surface area (Å²) in [6.45, 7) is 13.2. The van der Waals surface area contributed by atoms with Crippen LogP contribution < -0.4 is 31.7 Å². The normalized spacial score (nSPS) is 16.3. The van der Waals surface area contributed by atoms with Crippen molar-refractivity contribution in [2.75, 3.05) is 117 Å². The van der Waals surface area contributed by atoms with E-state index >= 15 is 0 Å². The monoisotopic (exact) mass is 1080 g/mol. The third kappa shape index (κ3) is 37.5. The number of esters is 1. The zero-order valence-electron chi connectivity index (χ0n) is 43.2. The molecule has 0 aromatic heterocycles. The topological polar surface area (TPSA) is 369 Å². The van der Waals surface area contributed by atoms with Crippen LogP contribution in [0, 0.1) is 0 Å². The second-order valence-electron chi connectivity index (χ2n) is 14.7. The summed E-state index contributed by atoms with van der Waals surface area (Å²) in [5.74, 6) is -1.89. The average molecular weight is 1080 g/mol. The van der Waals surface area contributed by atoms with Crippen molar-refractivity contribution in [2.24, 2.45) is 5.73 Å². The Hall–Kier alpha value is -5.17. The van der Waals surface area contributed by atoms with Crippen molar-refractivity contribution in [3.05, 3.63) is 35.9 Å². The molecule has 0 bridgehead atoms. The Kier molecular flexibility index (Phi) is 46.7. The van der Waals surface area contributed by atoms with Crippen LogP contribution in [0.25, 0.3) is 0 Å². The summed E-state index contributed by atoms with van der Waals surface area (Å²) in [7, 11) is 1.90. The Labute approximate surface area is 437 Å². The maximum absolute atomic E-state index is 12.6. The lowest BCUT2D eigenvalue weighted by molar-refractivity contribution is -0.229. The molecule has 1 fully saturated rings. The summed E-state index contributed by atoms with van der Waals surface area (Å²) in [5.41, 5.74) is 4.92. The number of carbonyl (C=O) groups is 8. The highest BCUT2D eigenvalue weighted by molar-refractivity contribution is 7.93. The molecule has 27 heteroatoms.